The predicted molar refractivity (Wildman–Crippen MR) is 171 cm³/mol. The van der Waals surface area contributed by atoms with Crippen molar-refractivity contribution in [3.63, 3.8) is 0 Å². The van der Waals surface area contributed by atoms with Crippen LogP contribution in [0.25, 0.3) is 0 Å². The fraction of sp³-hybridized carbons (Fsp3) is 0.323. The molecule has 9 nitrogen and oxygen atoms in total. The minimum absolute atomic E-state index is 0.0204. The summed E-state index contributed by atoms with van der Waals surface area (Å²) in [7, 11) is 1.60. The Hall–Kier alpha value is -3.85. The van der Waals surface area contributed by atoms with Gasteiger partial charge in [0.2, 0.25) is 0 Å². The summed E-state index contributed by atoms with van der Waals surface area (Å²) in [6, 6.07) is 25.4. The maximum Gasteiger partial charge on any atom is 0.326 e. The van der Waals surface area contributed by atoms with Crippen molar-refractivity contribution in [2.24, 2.45) is 4.40 Å². The Morgan fingerprint density at radius 1 is 0.976 bits per heavy atom. The SMILES string of the molecule is COc1cc(C(C)(C)C#N)ccc1C1=NSCN1C(=O)N1CCN(SC)CC1.Oc1ccccc1.Oc1ccccc1. The number of hydrogen-bond donors (Lipinski definition) is 2. The van der Waals surface area contributed by atoms with Crippen LogP contribution in [-0.2, 0) is 5.41 Å². The van der Waals surface area contributed by atoms with Gasteiger partial charge in [-0.25, -0.2) is 9.10 Å². The Bertz CT molecular complexity index is 1320. The smallest absolute Gasteiger partial charge is 0.326 e. The molecule has 3 aromatic rings. The second-order valence-corrected chi connectivity index (χ2v) is 11.4. The minimum Gasteiger partial charge on any atom is -0.508 e. The molecule has 3 aromatic carbocycles. The fourth-order valence-corrected chi connectivity index (χ4v) is 5.27. The molecule has 2 heterocycles. The molecule has 222 valence electrons. The molecule has 2 aliphatic heterocycles. The summed E-state index contributed by atoms with van der Waals surface area (Å²) >= 11 is 3.07. The molecule has 0 saturated carbocycles. The Labute approximate surface area is 256 Å². The average molecular weight is 608 g/mol. The van der Waals surface area contributed by atoms with Gasteiger partial charge in [-0.3, -0.25) is 4.90 Å². The lowest BCUT2D eigenvalue weighted by Gasteiger charge is -2.35. The van der Waals surface area contributed by atoms with Crippen LogP contribution in [-0.4, -0.2) is 81.6 Å². The van der Waals surface area contributed by atoms with Crippen LogP contribution in [0.15, 0.2) is 83.3 Å². The zero-order valence-electron chi connectivity index (χ0n) is 24.3. The number of piperazine rings is 1. The highest BCUT2D eigenvalue weighted by Crippen LogP contribution is 2.32. The third-order valence-electron chi connectivity index (χ3n) is 6.55. The second kappa shape index (κ2) is 16.0. The van der Waals surface area contributed by atoms with Crippen molar-refractivity contribution in [2.75, 3.05) is 45.4 Å². The van der Waals surface area contributed by atoms with E-state index in [1.54, 1.807) is 72.5 Å². The third kappa shape index (κ3) is 9.08. The predicted octanol–water partition coefficient (Wildman–Crippen LogP) is 5.96. The normalized spacial score (nSPS) is 14.9. The Morgan fingerprint density at radius 3 is 2.00 bits per heavy atom. The summed E-state index contributed by atoms with van der Waals surface area (Å²) in [5.74, 6) is 2.36. The molecule has 1 fully saturated rings. The molecule has 0 spiro atoms. The first-order valence-corrected chi connectivity index (χ1v) is 15.5. The number of methoxy groups -OCH3 is 1. The number of benzene rings is 3. The van der Waals surface area contributed by atoms with Gasteiger partial charge >= 0.3 is 6.03 Å². The highest BCUT2D eigenvalue weighted by Gasteiger charge is 2.33. The first-order chi connectivity index (χ1) is 20.2. The van der Waals surface area contributed by atoms with E-state index < -0.39 is 5.41 Å². The zero-order chi connectivity index (χ0) is 30.5. The monoisotopic (exact) mass is 607 g/mol. The molecule has 0 atom stereocenters. The molecule has 11 heteroatoms. The standard InChI is InChI=1S/C19H25N5O2S2.2C6H6O/c1-19(2,12-20)14-5-6-15(16(11-14)26-3)17-21-28-13-24(17)18(25)22-7-9-23(27-4)10-8-22;2*7-6-4-2-1-3-5-6/h5-6,11H,7-10,13H2,1-4H3;2*1-5,7H. The summed E-state index contributed by atoms with van der Waals surface area (Å²) in [5, 5.41) is 26.7. The summed E-state index contributed by atoms with van der Waals surface area (Å²) < 4.78 is 12.3. The van der Waals surface area contributed by atoms with Crippen molar-refractivity contribution in [2.45, 2.75) is 19.3 Å². The number of phenols is 2. The maximum atomic E-state index is 13.1. The first kappa shape index (κ1) is 32.7. The topological polar surface area (TPSA) is 113 Å². The van der Waals surface area contributed by atoms with Crippen LogP contribution in [0.4, 0.5) is 4.79 Å². The number of carbonyl (C=O) groups excluding carboxylic acids is 1. The van der Waals surface area contributed by atoms with Crippen molar-refractivity contribution in [3.05, 3.63) is 90.0 Å². The van der Waals surface area contributed by atoms with E-state index >= 15 is 0 Å². The summed E-state index contributed by atoms with van der Waals surface area (Å²) in [6.45, 7) is 6.88. The van der Waals surface area contributed by atoms with E-state index in [1.807, 2.05) is 49.1 Å². The number of aromatic hydroxyl groups is 2. The highest BCUT2D eigenvalue weighted by molar-refractivity contribution is 7.98. The molecule has 2 N–H and O–H groups in total. The number of nitrogens with zero attached hydrogens (tertiary/aromatic N) is 5. The molecule has 1 saturated heterocycles. The Kier molecular flexibility index (Phi) is 12.4. The molecule has 0 unspecified atom stereocenters. The van der Waals surface area contributed by atoms with Crippen LogP contribution in [0.5, 0.6) is 17.2 Å². The lowest BCUT2D eigenvalue weighted by Crippen LogP contribution is -2.52. The van der Waals surface area contributed by atoms with E-state index in [9.17, 15) is 10.1 Å². The van der Waals surface area contributed by atoms with E-state index in [2.05, 4.69) is 21.0 Å². The van der Waals surface area contributed by atoms with Gasteiger partial charge in [0.1, 0.15) is 17.2 Å². The largest absolute Gasteiger partial charge is 0.508 e. The molecular weight excluding hydrogens is 571 g/mol. The van der Waals surface area contributed by atoms with Gasteiger partial charge in [0.25, 0.3) is 0 Å². The van der Waals surface area contributed by atoms with E-state index in [0.717, 1.165) is 24.2 Å². The molecule has 0 aromatic heterocycles. The summed E-state index contributed by atoms with van der Waals surface area (Å²) in [5.41, 5.74) is 1.01. The Balaban J connectivity index is 0.000000280. The Morgan fingerprint density at radius 2 is 1.55 bits per heavy atom. The number of para-hydroxylation sites is 2. The number of carbonyl (C=O) groups is 1. The van der Waals surface area contributed by atoms with Gasteiger partial charge in [0.05, 0.1) is 30.0 Å². The summed E-state index contributed by atoms with van der Waals surface area (Å²) in [4.78, 5) is 16.7. The lowest BCUT2D eigenvalue weighted by atomic mass is 9.85. The average Bonchev–Trinajstić information content (AvgIpc) is 3.51. The van der Waals surface area contributed by atoms with Gasteiger partial charge < -0.3 is 19.8 Å². The van der Waals surface area contributed by atoms with E-state index in [1.165, 1.54) is 11.9 Å². The minimum atomic E-state index is -0.621. The highest BCUT2D eigenvalue weighted by atomic mass is 32.2. The second-order valence-electron chi connectivity index (χ2n) is 9.81. The van der Waals surface area contributed by atoms with Crippen molar-refractivity contribution in [1.29, 1.82) is 5.26 Å². The van der Waals surface area contributed by atoms with Crippen molar-refractivity contribution < 1.29 is 19.7 Å². The zero-order valence-corrected chi connectivity index (χ0v) is 25.9. The fourth-order valence-electron chi connectivity index (χ4n) is 4.02. The van der Waals surface area contributed by atoms with Gasteiger partial charge in [0.15, 0.2) is 5.84 Å². The van der Waals surface area contributed by atoms with Crippen LogP contribution in [0.3, 0.4) is 0 Å². The number of ether oxygens (including phenoxy) is 1. The van der Waals surface area contributed by atoms with Crippen molar-refractivity contribution in [3.8, 4) is 23.3 Å². The van der Waals surface area contributed by atoms with Crippen LogP contribution >= 0.6 is 23.9 Å². The van der Waals surface area contributed by atoms with Crippen molar-refractivity contribution in [1.82, 2.24) is 14.1 Å². The van der Waals surface area contributed by atoms with Crippen LogP contribution in [0, 0.1) is 11.3 Å². The van der Waals surface area contributed by atoms with E-state index in [0.29, 0.717) is 42.1 Å². The molecular formula is C31H37N5O4S2. The van der Waals surface area contributed by atoms with Gasteiger partial charge in [0, 0.05) is 26.2 Å². The maximum absolute atomic E-state index is 13.1. The van der Waals surface area contributed by atoms with Gasteiger partial charge in [-0.05, 0) is 74.0 Å². The molecule has 2 aliphatic rings. The summed E-state index contributed by atoms with van der Waals surface area (Å²) in [6.07, 6.45) is 2.06. The number of rotatable bonds is 4. The molecule has 42 heavy (non-hydrogen) atoms. The number of amides is 2. The van der Waals surface area contributed by atoms with Gasteiger partial charge in [-0.1, -0.05) is 54.4 Å². The lowest BCUT2D eigenvalue weighted by molar-refractivity contribution is 0.160. The molecule has 0 aliphatic carbocycles. The van der Waals surface area contributed by atoms with Crippen LogP contribution < -0.4 is 4.74 Å². The molecule has 0 radical (unpaired) electrons. The van der Waals surface area contributed by atoms with Gasteiger partial charge in [-0.15, -0.1) is 0 Å². The molecule has 0 bridgehead atoms. The number of nitriles is 1. The van der Waals surface area contributed by atoms with Crippen LogP contribution in [0.1, 0.15) is 25.0 Å². The molecule has 2 amide bonds. The number of amidine groups is 1. The number of urea groups is 1. The van der Waals surface area contributed by atoms with E-state index in [-0.39, 0.29) is 6.03 Å². The number of phenolic OH excluding ortho intramolecular Hbond substituents is 2. The van der Waals surface area contributed by atoms with Crippen molar-refractivity contribution >= 4 is 35.8 Å². The van der Waals surface area contributed by atoms with Gasteiger partial charge in [-0.2, -0.15) is 9.66 Å². The van der Waals surface area contributed by atoms with Crippen LogP contribution in [0.2, 0.25) is 0 Å². The quantitative estimate of drug-likeness (QED) is 0.349. The molecule has 5 rings (SSSR count). The third-order valence-corrected chi connectivity index (χ3v) is 8.11. The van der Waals surface area contributed by atoms with E-state index in [4.69, 9.17) is 14.9 Å². The first-order valence-electron chi connectivity index (χ1n) is 13.3. The number of hydrogen-bond acceptors (Lipinski definition) is 9.